The highest BCUT2D eigenvalue weighted by Gasteiger charge is 2.44. The topological polar surface area (TPSA) is 116 Å². The van der Waals surface area contributed by atoms with E-state index in [1.54, 1.807) is 30.3 Å². The molecule has 1 fully saturated rings. The molecule has 196 valence electrons. The number of aromatic carboxylic acids is 1. The van der Waals surface area contributed by atoms with E-state index in [9.17, 15) is 25.2 Å². The summed E-state index contributed by atoms with van der Waals surface area (Å²) in [4.78, 5) is 12.0. The Morgan fingerprint density at radius 3 is 2.43 bits per heavy atom. The van der Waals surface area contributed by atoms with Crippen LogP contribution in [0.3, 0.4) is 0 Å². The standard InChI is InChI=1S/C28H29ClO7S/c1-2-35-19-10-7-16(8-11-19)13-18-14-17(9-12-21(18)29)27-26(32)25(31)24(30)22(36-27)15-37-23-6-4-3-5-20(23)28(33)34/h3-12,14,22,24-27,30-32H,2,13,15H2,1H3,(H,33,34)/t22-,24+,25-,26-,27+/m1/s1. The molecule has 1 saturated heterocycles. The molecule has 37 heavy (non-hydrogen) atoms. The van der Waals surface area contributed by atoms with Gasteiger partial charge in [-0.1, -0.05) is 48.0 Å². The molecule has 0 spiro atoms. The van der Waals surface area contributed by atoms with E-state index < -0.39 is 36.5 Å². The van der Waals surface area contributed by atoms with Gasteiger partial charge < -0.3 is 29.9 Å². The van der Waals surface area contributed by atoms with Crippen LogP contribution in [0.25, 0.3) is 0 Å². The predicted octanol–water partition coefficient (Wildman–Crippen LogP) is 4.34. The number of carbonyl (C=O) groups is 1. The summed E-state index contributed by atoms with van der Waals surface area (Å²) in [5, 5.41) is 41.9. The number of thioether (sulfide) groups is 1. The number of hydrogen-bond donors (Lipinski definition) is 4. The second-order valence-corrected chi connectivity index (χ2v) is 10.3. The molecule has 4 rings (SSSR count). The molecule has 0 unspecified atom stereocenters. The van der Waals surface area contributed by atoms with Crippen LogP contribution in [0.1, 0.15) is 40.1 Å². The van der Waals surface area contributed by atoms with Gasteiger partial charge in [0.1, 0.15) is 30.2 Å². The van der Waals surface area contributed by atoms with Crippen molar-refractivity contribution in [1.82, 2.24) is 0 Å². The Morgan fingerprint density at radius 1 is 1.00 bits per heavy atom. The molecule has 4 N–H and O–H groups in total. The fourth-order valence-electron chi connectivity index (χ4n) is 4.30. The summed E-state index contributed by atoms with van der Waals surface area (Å²) in [6.07, 6.45) is -5.36. The van der Waals surface area contributed by atoms with Crippen LogP contribution in [0.5, 0.6) is 5.75 Å². The van der Waals surface area contributed by atoms with Crippen molar-refractivity contribution in [3.8, 4) is 5.75 Å². The summed E-state index contributed by atoms with van der Waals surface area (Å²) in [7, 11) is 0. The van der Waals surface area contributed by atoms with Crippen molar-refractivity contribution in [2.45, 2.75) is 48.8 Å². The lowest BCUT2D eigenvalue weighted by Crippen LogP contribution is -2.54. The third kappa shape index (κ3) is 6.46. The van der Waals surface area contributed by atoms with E-state index >= 15 is 0 Å². The van der Waals surface area contributed by atoms with Crippen molar-refractivity contribution < 1.29 is 34.7 Å². The van der Waals surface area contributed by atoms with Crippen LogP contribution in [0.15, 0.2) is 71.6 Å². The maximum Gasteiger partial charge on any atom is 0.336 e. The van der Waals surface area contributed by atoms with Gasteiger partial charge in [-0.05, 0) is 60.4 Å². The molecule has 1 aliphatic rings. The zero-order valence-corrected chi connectivity index (χ0v) is 21.7. The van der Waals surface area contributed by atoms with Crippen LogP contribution in [0.2, 0.25) is 5.02 Å². The lowest BCUT2D eigenvalue weighted by Gasteiger charge is -2.41. The molecule has 0 aromatic heterocycles. The number of rotatable bonds is 9. The molecule has 0 saturated carbocycles. The average Bonchev–Trinajstić information content (AvgIpc) is 2.90. The molecule has 1 aliphatic heterocycles. The van der Waals surface area contributed by atoms with E-state index in [-0.39, 0.29) is 11.3 Å². The van der Waals surface area contributed by atoms with Gasteiger partial charge in [-0.15, -0.1) is 11.8 Å². The summed E-state index contributed by atoms with van der Waals surface area (Å²) in [6, 6.07) is 19.6. The molecule has 1 heterocycles. The van der Waals surface area contributed by atoms with E-state index in [0.717, 1.165) is 16.9 Å². The van der Waals surface area contributed by atoms with E-state index in [0.29, 0.717) is 28.5 Å². The Labute approximate surface area is 224 Å². The Kier molecular flexibility index (Phi) is 9.13. The molecule has 0 bridgehead atoms. The lowest BCUT2D eigenvalue weighted by molar-refractivity contribution is -0.218. The Morgan fingerprint density at radius 2 is 1.73 bits per heavy atom. The van der Waals surface area contributed by atoms with E-state index in [4.69, 9.17) is 21.1 Å². The van der Waals surface area contributed by atoms with E-state index in [1.165, 1.54) is 17.8 Å². The lowest BCUT2D eigenvalue weighted by atomic mass is 9.90. The molecule has 0 amide bonds. The minimum Gasteiger partial charge on any atom is -0.494 e. The third-order valence-electron chi connectivity index (χ3n) is 6.26. The molecular formula is C28H29ClO7S. The Balaban J connectivity index is 1.52. The highest BCUT2D eigenvalue weighted by molar-refractivity contribution is 7.99. The summed E-state index contributed by atoms with van der Waals surface area (Å²) >= 11 is 7.68. The van der Waals surface area contributed by atoms with Crippen LogP contribution < -0.4 is 4.74 Å². The van der Waals surface area contributed by atoms with Crippen molar-refractivity contribution in [3.05, 3.63) is 94.0 Å². The fourth-order valence-corrected chi connectivity index (χ4v) is 5.59. The van der Waals surface area contributed by atoms with Gasteiger partial charge >= 0.3 is 5.97 Å². The SMILES string of the molecule is CCOc1ccc(Cc2cc([C@@H]3O[C@H](CSc4ccccc4C(=O)O)[C@H](O)[C@@H](O)[C@H]3O)ccc2Cl)cc1. The number of halogens is 1. The van der Waals surface area contributed by atoms with Crippen LogP contribution in [0, 0.1) is 0 Å². The monoisotopic (exact) mass is 544 g/mol. The van der Waals surface area contributed by atoms with Gasteiger partial charge in [-0.2, -0.15) is 0 Å². The maximum atomic E-state index is 11.5. The molecule has 9 heteroatoms. The van der Waals surface area contributed by atoms with Crippen molar-refractivity contribution in [2.24, 2.45) is 0 Å². The molecule has 0 radical (unpaired) electrons. The van der Waals surface area contributed by atoms with Crippen molar-refractivity contribution in [1.29, 1.82) is 0 Å². The van der Waals surface area contributed by atoms with Crippen LogP contribution >= 0.6 is 23.4 Å². The second-order valence-electron chi connectivity index (χ2n) is 8.78. The van der Waals surface area contributed by atoms with Gasteiger partial charge in [0.05, 0.1) is 18.3 Å². The molecule has 0 aliphatic carbocycles. The highest BCUT2D eigenvalue weighted by Crippen LogP contribution is 2.36. The van der Waals surface area contributed by atoms with Crippen molar-refractivity contribution >= 4 is 29.3 Å². The summed E-state index contributed by atoms with van der Waals surface area (Å²) < 4.78 is 11.6. The largest absolute Gasteiger partial charge is 0.494 e. The Hall–Kier alpha value is -2.59. The van der Waals surface area contributed by atoms with Crippen molar-refractivity contribution in [2.75, 3.05) is 12.4 Å². The zero-order chi connectivity index (χ0) is 26.5. The van der Waals surface area contributed by atoms with Crippen LogP contribution in [-0.2, 0) is 11.2 Å². The molecule has 3 aromatic carbocycles. The molecular weight excluding hydrogens is 516 g/mol. The second kappa shape index (κ2) is 12.3. The number of ether oxygens (including phenoxy) is 2. The summed E-state index contributed by atoms with van der Waals surface area (Å²) in [6.45, 7) is 2.51. The maximum absolute atomic E-state index is 11.5. The van der Waals surface area contributed by atoms with Crippen molar-refractivity contribution in [3.63, 3.8) is 0 Å². The van der Waals surface area contributed by atoms with Gasteiger partial charge in [0.15, 0.2) is 0 Å². The van der Waals surface area contributed by atoms with E-state index in [1.807, 2.05) is 37.3 Å². The number of carboxylic acid groups (broad SMARTS) is 1. The van der Waals surface area contributed by atoms with Crippen LogP contribution in [-0.4, -0.2) is 63.2 Å². The van der Waals surface area contributed by atoms with Gasteiger partial charge in [0.25, 0.3) is 0 Å². The predicted molar refractivity (Wildman–Crippen MR) is 142 cm³/mol. The van der Waals surface area contributed by atoms with Gasteiger partial charge in [-0.3, -0.25) is 0 Å². The number of hydrogen-bond acceptors (Lipinski definition) is 7. The number of aliphatic hydroxyl groups is 3. The minimum absolute atomic E-state index is 0.145. The van der Waals surface area contributed by atoms with Gasteiger partial charge in [0, 0.05) is 15.7 Å². The van der Waals surface area contributed by atoms with Gasteiger partial charge in [0.2, 0.25) is 0 Å². The van der Waals surface area contributed by atoms with E-state index in [2.05, 4.69) is 0 Å². The minimum atomic E-state index is -1.44. The van der Waals surface area contributed by atoms with Crippen LogP contribution in [0.4, 0.5) is 0 Å². The normalized spacial score (nSPS) is 23.5. The number of benzene rings is 3. The first-order valence-electron chi connectivity index (χ1n) is 11.9. The molecule has 3 aromatic rings. The fraction of sp³-hybridized carbons (Fsp3) is 0.321. The molecule has 7 nitrogen and oxygen atoms in total. The summed E-state index contributed by atoms with van der Waals surface area (Å²) in [5.41, 5.74) is 2.60. The first-order chi connectivity index (χ1) is 17.8. The van der Waals surface area contributed by atoms with Gasteiger partial charge in [-0.25, -0.2) is 4.79 Å². The number of carboxylic acids is 1. The first-order valence-corrected chi connectivity index (χ1v) is 13.3. The average molecular weight is 545 g/mol. The quantitative estimate of drug-likeness (QED) is 0.294. The highest BCUT2D eigenvalue weighted by atomic mass is 35.5. The summed E-state index contributed by atoms with van der Waals surface area (Å²) in [5.74, 6) is -0.0896. The zero-order valence-electron chi connectivity index (χ0n) is 20.2. The smallest absolute Gasteiger partial charge is 0.336 e. The number of aliphatic hydroxyl groups excluding tert-OH is 3. The third-order valence-corrected chi connectivity index (χ3v) is 7.79. The Bertz CT molecular complexity index is 1220. The first kappa shape index (κ1) is 27.4. The molecule has 5 atom stereocenters.